The largest absolute Gasteiger partial charge is 0.366 e. The number of imide groups is 1. The van der Waals surface area contributed by atoms with Gasteiger partial charge in [-0.1, -0.05) is 43.6 Å². The van der Waals surface area contributed by atoms with Crippen LogP contribution in [0.25, 0.3) is 0 Å². The maximum Gasteiger partial charge on any atom is 0.255 e. The number of primary amides is 1. The van der Waals surface area contributed by atoms with Crippen LogP contribution in [0.15, 0.2) is 36.4 Å². The highest BCUT2D eigenvalue weighted by Gasteiger charge is 2.43. The Morgan fingerprint density at radius 1 is 1.18 bits per heavy atom. The van der Waals surface area contributed by atoms with Crippen LogP contribution >= 0.6 is 0 Å². The average Bonchev–Trinajstić information content (AvgIpc) is 3.22. The number of carbonyl (C=O) groups excluding carboxylic acids is 4. The third-order valence-electron chi connectivity index (χ3n) is 7.13. The summed E-state index contributed by atoms with van der Waals surface area (Å²) in [7, 11) is -1.31. The second kappa shape index (κ2) is 12.1. The van der Waals surface area contributed by atoms with Crippen molar-refractivity contribution in [3.05, 3.63) is 70.0 Å². The molecule has 2 heterocycles. The lowest BCUT2D eigenvalue weighted by atomic mass is 10.0. The van der Waals surface area contributed by atoms with Gasteiger partial charge in [-0.25, -0.2) is 4.39 Å². The van der Waals surface area contributed by atoms with Gasteiger partial charge in [-0.05, 0) is 54.3 Å². The lowest BCUT2D eigenvalue weighted by Crippen LogP contribution is -2.55. The lowest BCUT2D eigenvalue weighted by molar-refractivity contribution is -0.158. The summed E-state index contributed by atoms with van der Waals surface area (Å²) >= 11 is 0. The van der Waals surface area contributed by atoms with Crippen LogP contribution < -0.4 is 5.73 Å². The lowest BCUT2D eigenvalue weighted by Gasteiger charge is -2.35. The fraction of sp³-hybridized carbons (Fsp3) is 0.400. The van der Waals surface area contributed by atoms with Crippen LogP contribution in [0.2, 0.25) is 25.7 Å². The van der Waals surface area contributed by atoms with Crippen LogP contribution in [-0.2, 0) is 27.3 Å². The van der Waals surface area contributed by atoms with Crippen LogP contribution in [-0.4, -0.2) is 60.9 Å². The van der Waals surface area contributed by atoms with E-state index in [0.29, 0.717) is 36.1 Å². The van der Waals surface area contributed by atoms with Gasteiger partial charge in [-0.3, -0.25) is 24.1 Å². The molecule has 40 heavy (non-hydrogen) atoms. The zero-order chi connectivity index (χ0) is 29.0. The van der Waals surface area contributed by atoms with Crippen molar-refractivity contribution in [3.8, 4) is 11.8 Å². The van der Waals surface area contributed by atoms with Crippen molar-refractivity contribution in [2.75, 3.05) is 13.3 Å². The van der Waals surface area contributed by atoms with E-state index in [-0.39, 0.29) is 43.5 Å². The maximum atomic E-state index is 14.0. The van der Waals surface area contributed by atoms with Crippen molar-refractivity contribution >= 4 is 31.7 Å². The van der Waals surface area contributed by atoms with Crippen molar-refractivity contribution < 1.29 is 28.3 Å². The Kier molecular flexibility index (Phi) is 8.86. The van der Waals surface area contributed by atoms with E-state index in [4.69, 9.17) is 10.5 Å². The molecular weight excluding hydrogens is 529 g/mol. The summed E-state index contributed by atoms with van der Waals surface area (Å²) in [6.45, 7) is 7.30. The molecule has 2 aliphatic heterocycles. The van der Waals surface area contributed by atoms with E-state index in [0.717, 1.165) is 16.5 Å². The number of likely N-dealkylation sites (tertiary alicyclic amines) is 1. The highest BCUT2D eigenvalue weighted by Crippen LogP contribution is 2.31. The third kappa shape index (κ3) is 6.66. The number of nitrogens with two attached hydrogens (primary N) is 1. The summed E-state index contributed by atoms with van der Waals surface area (Å²) in [6.07, 6.45) is 1.35. The second-order valence-corrected chi connectivity index (χ2v) is 16.9. The molecule has 2 aliphatic rings. The number of ether oxygens (including phenoxy) is 1. The molecule has 1 atom stereocenters. The van der Waals surface area contributed by atoms with Gasteiger partial charge in [0.1, 0.15) is 18.6 Å². The second-order valence-electron chi connectivity index (χ2n) is 11.3. The van der Waals surface area contributed by atoms with E-state index >= 15 is 0 Å². The first-order valence-electron chi connectivity index (χ1n) is 13.4. The van der Waals surface area contributed by atoms with Gasteiger partial charge in [0.2, 0.25) is 5.91 Å². The van der Waals surface area contributed by atoms with Gasteiger partial charge in [-0.15, -0.1) is 0 Å². The molecule has 1 fully saturated rings. The first-order chi connectivity index (χ1) is 19.0. The Labute approximate surface area is 234 Å². The van der Waals surface area contributed by atoms with Gasteiger partial charge in [0.05, 0.1) is 5.56 Å². The minimum Gasteiger partial charge on any atom is -0.366 e. The summed E-state index contributed by atoms with van der Waals surface area (Å²) in [5, 5.41) is 0. The number of rotatable bonds is 9. The molecule has 4 amide bonds. The molecule has 0 spiro atoms. The molecule has 0 saturated carbocycles. The number of hydrogen-bond donors (Lipinski definition) is 1. The van der Waals surface area contributed by atoms with Gasteiger partial charge < -0.3 is 15.4 Å². The molecule has 10 heteroatoms. The number of fused-ring (bicyclic) bond motifs is 1. The molecule has 2 N–H and O–H groups in total. The van der Waals surface area contributed by atoms with Crippen LogP contribution in [0.4, 0.5) is 4.39 Å². The number of carbonyl (C=O) groups is 4. The number of nitrogens with zero attached hydrogens (tertiary/aromatic N) is 2. The smallest absolute Gasteiger partial charge is 0.255 e. The fourth-order valence-electron chi connectivity index (χ4n) is 4.78. The number of benzene rings is 2. The van der Waals surface area contributed by atoms with Crippen molar-refractivity contribution in [3.63, 3.8) is 0 Å². The molecule has 0 bridgehead atoms. The molecule has 4 rings (SSSR count). The van der Waals surface area contributed by atoms with Crippen molar-refractivity contribution in [1.82, 2.24) is 9.80 Å². The van der Waals surface area contributed by atoms with Crippen molar-refractivity contribution in [1.29, 1.82) is 0 Å². The van der Waals surface area contributed by atoms with Gasteiger partial charge in [-0.2, -0.15) is 0 Å². The molecule has 0 aliphatic carbocycles. The van der Waals surface area contributed by atoms with E-state index in [1.165, 1.54) is 17.0 Å². The van der Waals surface area contributed by atoms with Gasteiger partial charge in [0.15, 0.2) is 0 Å². The zero-order valence-corrected chi connectivity index (χ0v) is 24.1. The molecule has 210 valence electrons. The minimum atomic E-state index is -1.31. The molecule has 2 aromatic rings. The Morgan fingerprint density at radius 2 is 1.95 bits per heavy atom. The van der Waals surface area contributed by atoms with Crippen LogP contribution in [0.1, 0.15) is 56.7 Å². The highest BCUT2D eigenvalue weighted by atomic mass is 28.3. The number of halogens is 1. The normalized spacial score (nSPS) is 17.1. The first kappa shape index (κ1) is 29.2. The van der Waals surface area contributed by atoms with Crippen LogP contribution in [0, 0.1) is 17.7 Å². The standard InChI is InChI=1S/C30H34FN3O5Si/c1-40(2,3)16-15-39-19-34-27(35)14-13-26(30(34)38)33-18-24-21(9-6-10-22(24)29(33)37)8-5-4-7-20-11-12-23(28(32)36)25(31)17-20/h6,9-12,17,26H,4,7,13-16,18-19H2,1-3H3,(H2,32,36). The summed E-state index contributed by atoms with van der Waals surface area (Å²) < 4.78 is 19.7. The topological polar surface area (TPSA) is 110 Å². The monoisotopic (exact) mass is 563 g/mol. The molecule has 8 nitrogen and oxygen atoms in total. The Bertz CT molecular complexity index is 1410. The Hall–Kier alpha value is -3.81. The summed E-state index contributed by atoms with van der Waals surface area (Å²) in [6, 6.07) is 9.79. The highest BCUT2D eigenvalue weighted by molar-refractivity contribution is 6.76. The molecule has 2 aromatic carbocycles. The van der Waals surface area contributed by atoms with Gasteiger partial charge in [0, 0.05) is 45.2 Å². The molecular formula is C30H34FN3O5Si. The number of hydrogen-bond acceptors (Lipinski definition) is 5. The fourth-order valence-corrected chi connectivity index (χ4v) is 5.54. The van der Waals surface area contributed by atoms with Crippen LogP contribution in [0.5, 0.6) is 0 Å². The first-order valence-corrected chi connectivity index (χ1v) is 17.1. The molecule has 0 radical (unpaired) electrons. The van der Waals surface area contributed by atoms with Crippen LogP contribution in [0.3, 0.4) is 0 Å². The summed E-state index contributed by atoms with van der Waals surface area (Å²) in [5.74, 6) is 3.77. The SMILES string of the molecule is C[Si](C)(C)CCOCN1C(=O)CCC(N2Cc3c(C#CCCc4ccc(C(N)=O)c(F)c4)cccc3C2=O)C1=O. The quantitative estimate of drug-likeness (QED) is 0.217. The third-order valence-corrected chi connectivity index (χ3v) is 8.84. The van der Waals surface area contributed by atoms with Gasteiger partial charge in [0.25, 0.3) is 17.7 Å². The van der Waals surface area contributed by atoms with E-state index < -0.39 is 31.7 Å². The van der Waals surface area contributed by atoms with E-state index in [2.05, 4.69) is 31.5 Å². The van der Waals surface area contributed by atoms with Gasteiger partial charge >= 0.3 is 0 Å². The van der Waals surface area contributed by atoms with E-state index in [9.17, 15) is 23.6 Å². The molecule has 1 saturated heterocycles. The summed E-state index contributed by atoms with van der Waals surface area (Å²) in [4.78, 5) is 53.0. The van der Waals surface area contributed by atoms with Crippen molar-refractivity contribution in [2.24, 2.45) is 5.73 Å². The predicted octanol–water partition coefficient (Wildman–Crippen LogP) is 3.69. The Balaban J connectivity index is 1.41. The molecule has 0 aromatic heterocycles. The number of piperidine rings is 1. The zero-order valence-electron chi connectivity index (χ0n) is 23.1. The van der Waals surface area contributed by atoms with E-state index in [1.807, 2.05) is 6.07 Å². The predicted molar refractivity (Wildman–Crippen MR) is 150 cm³/mol. The Morgan fingerprint density at radius 3 is 2.65 bits per heavy atom. The number of amides is 4. The van der Waals surface area contributed by atoms with Crippen molar-refractivity contribution in [2.45, 2.75) is 64.0 Å². The minimum absolute atomic E-state index is 0.0977. The maximum absolute atomic E-state index is 14.0. The number of aryl methyl sites for hydroxylation is 1. The average molecular weight is 564 g/mol. The van der Waals surface area contributed by atoms with E-state index in [1.54, 1.807) is 18.2 Å². The molecule has 1 unspecified atom stereocenters. The summed E-state index contributed by atoms with van der Waals surface area (Å²) in [5.41, 5.74) is 7.63.